The highest BCUT2D eigenvalue weighted by Gasteiger charge is 2.31. The van der Waals surface area contributed by atoms with Crippen LogP contribution in [0.25, 0.3) is 0 Å². The maximum absolute atomic E-state index is 13.5. The summed E-state index contributed by atoms with van der Waals surface area (Å²) in [6.45, 7) is 7.35. The van der Waals surface area contributed by atoms with Gasteiger partial charge in [-0.3, -0.25) is 13.9 Å². The second kappa shape index (κ2) is 11.1. The normalized spacial score (nSPS) is 12.3. The molecule has 32 heavy (non-hydrogen) atoms. The van der Waals surface area contributed by atoms with E-state index in [1.165, 1.54) is 4.90 Å². The molecule has 2 rings (SSSR count). The lowest BCUT2D eigenvalue weighted by Crippen LogP contribution is -2.53. The van der Waals surface area contributed by atoms with E-state index in [9.17, 15) is 18.0 Å². The minimum absolute atomic E-state index is 0.0790. The third-order valence-corrected chi connectivity index (χ3v) is 6.15. The fourth-order valence-electron chi connectivity index (χ4n) is 3.40. The molecule has 0 saturated carbocycles. The highest BCUT2D eigenvalue weighted by atomic mass is 32.2. The summed E-state index contributed by atoms with van der Waals surface area (Å²) in [6, 6.07) is 15.4. The molecule has 0 aliphatic rings. The Bertz CT molecular complexity index is 1010. The van der Waals surface area contributed by atoms with Crippen LogP contribution in [0.3, 0.4) is 0 Å². The zero-order valence-electron chi connectivity index (χ0n) is 19.4. The van der Waals surface area contributed by atoms with Crippen LogP contribution in [0.2, 0.25) is 0 Å². The summed E-state index contributed by atoms with van der Waals surface area (Å²) in [5.41, 5.74) is 2.35. The predicted octanol–water partition coefficient (Wildman–Crippen LogP) is 3.09. The number of amides is 2. The number of carbonyl (C=O) groups excluding carboxylic acids is 2. The van der Waals surface area contributed by atoms with E-state index in [-0.39, 0.29) is 25.0 Å². The average Bonchev–Trinajstić information content (AvgIpc) is 2.72. The first kappa shape index (κ1) is 25.4. The number of sulfonamides is 1. The van der Waals surface area contributed by atoms with Gasteiger partial charge >= 0.3 is 0 Å². The fraction of sp³-hybridized carbons (Fsp3) is 0.417. The van der Waals surface area contributed by atoms with Crippen LogP contribution in [0.5, 0.6) is 0 Å². The van der Waals surface area contributed by atoms with Crippen LogP contribution in [0.4, 0.5) is 5.69 Å². The summed E-state index contributed by atoms with van der Waals surface area (Å²) in [6.07, 6.45) is 1.47. The summed E-state index contributed by atoms with van der Waals surface area (Å²) in [7, 11) is -3.71. The standard InChI is InChI=1S/C24H33N3O4S/c1-6-22(24(29)25-18(2)3)26(16-20-14-12-19(4)13-15-20)23(28)17-27(32(5,30)31)21-10-8-7-9-11-21/h7-15,18,22H,6,16-17H2,1-5H3,(H,25,29)/t22-/m1/s1. The van der Waals surface area contributed by atoms with E-state index in [1.807, 2.05) is 52.0 Å². The smallest absolute Gasteiger partial charge is 0.244 e. The van der Waals surface area contributed by atoms with Crippen LogP contribution in [0.1, 0.15) is 38.3 Å². The molecule has 0 aliphatic heterocycles. The van der Waals surface area contributed by atoms with E-state index < -0.39 is 22.0 Å². The van der Waals surface area contributed by atoms with Crippen molar-refractivity contribution in [2.45, 2.75) is 52.7 Å². The van der Waals surface area contributed by atoms with E-state index in [0.717, 1.165) is 21.7 Å². The van der Waals surface area contributed by atoms with Gasteiger partial charge in [0, 0.05) is 12.6 Å². The topological polar surface area (TPSA) is 86.8 Å². The van der Waals surface area contributed by atoms with Crippen molar-refractivity contribution in [3.63, 3.8) is 0 Å². The lowest BCUT2D eigenvalue weighted by molar-refractivity contribution is -0.140. The van der Waals surface area contributed by atoms with Gasteiger partial charge in [-0.1, -0.05) is 55.0 Å². The molecule has 174 valence electrons. The van der Waals surface area contributed by atoms with E-state index in [1.54, 1.807) is 30.3 Å². The number of aryl methyl sites for hydroxylation is 1. The van der Waals surface area contributed by atoms with Crippen LogP contribution in [-0.4, -0.2) is 50.0 Å². The van der Waals surface area contributed by atoms with Crippen LogP contribution in [-0.2, 0) is 26.2 Å². The van der Waals surface area contributed by atoms with Crippen molar-refractivity contribution in [1.82, 2.24) is 10.2 Å². The number of nitrogens with one attached hydrogen (secondary N) is 1. The molecule has 0 radical (unpaired) electrons. The Morgan fingerprint density at radius 3 is 2.09 bits per heavy atom. The molecule has 0 aliphatic carbocycles. The summed E-state index contributed by atoms with van der Waals surface area (Å²) in [4.78, 5) is 27.8. The molecule has 1 atom stereocenters. The number of nitrogens with zero attached hydrogens (tertiary/aromatic N) is 2. The third kappa shape index (κ3) is 7.09. The first-order valence-electron chi connectivity index (χ1n) is 10.7. The lowest BCUT2D eigenvalue weighted by atomic mass is 10.1. The van der Waals surface area contributed by atoms with Crippen LogP contribution < -0.4 is 9.62 Å². The fourth-order valence-corrected chi connectivity index (χ4v) is 4.25. The number of rotatable bonds is 10. The van der Waals surface area contributed by atoms with Gasteiger partial charge in [0.15, 0.2) is 0 Å². The Morgan fingerprint density at radius 2 is 1.59 bits per heavy atom. The maximum Gasteiger partial charge on any atom is 0.244 e. The summed E-state index contributed by atoms with van der Waals surface area (Å²) < 4.78 is 26.0. The molecule has 8 heteroatoms. The molecule has 0 bridgehead atoms. The van der Waals surface area contributed by atoms with Gasteiger partial charge in [0.2, 0.25) is 21.8 Å². The van der Waals surface area contributed by atoms with Crippen LogP contribution in [0, 0.1) is 6.92 Å². The molecule has 2 amide bonds. The van der Waals surface area contributed by atoms with Crippen molar-refractivity contribution in [1.29, 1.82) is 0 Å². The first-order valence-corrected chi connectivity index (χ1v) is 12.6. The molecule has 2 aromatic carbocycles. The van der Waals surface area contributed by atoms with Gasteiger partial charge in [0.25, 0.3) is 0 Å². The first-order chi connectivity index (χ1) is 15.0. The highest BCUT2D eigenvalue weighted by Crippen LogP contribution is 2.19. The Kier molecular flexibility index (Phi) is 8.83. The Morgan fingerprint density at radius 1 is 1.00 bits per heavy atom. The molecule has 2 aromatic rings. The molecule has 0 aromatic heterocycles. The second-order valence-electron chi connectivity index (χ2n) is 8.20. The highest BCUT2D eigenvalue weighted by molar-refractivity contribution is 7.92. The Labute approximate surface area is 191 Å². The third-order valence-electron chi connectivity index (χ3n) is 5.01. The Hall–Kier alpha value is -2.87. The van der Waals surface area contributed by atoms with E-state index >= 15 is 0 Å². The maximum atomic E-state index is 13.5. The van der Waals surface area contributed by atoms with Crippen molar-refractivity contribution in [2.24, 2.45) is 0 Å². The quantitative estimate of drug-likeness (QED) is 0.592. The molecule has 0 spiro atoms. The van der Waals surface area contributed by atoms with Crippen molar-refractivity contribution < 1.29 is 18.0 Å². The van der Waals surface area contributed by atoms with E-state index in [2.05, 4.69) is 5.32 Å². The molecular weight excluding hydrogens is 426 g/mol. The van der Waals surface area contributed by atoms with Crippen LogP contribution >= 0.6 is 0 Å². The van der Waals surface area contributed by atoms with Gasteiger partial charge in [-0.05, 0) is 44.9 Å². The van der Waals surface area contributed by atoms with Gasteiger partial charge < -0.3 is 10.2 Å². The SMILES string of the molecule is CC[C@H](C(=O)NC(C)C)N(Cc1ccc(C)cc1)C(=O)CN(c1ccccc1)S(C)(=O)=O. The van der Waals surface area contributed by atoms with Gasteiger partial charge in [0.05, 0.1) is 11.9 Å². The van der Waals surface area contributed by atoms with Gasteiger partial charge in [-0.25, -0.2) is 8.42 Å². The van der Waals surface area contributed by atoms with Gasteiger partial charge in [0.1, 0.15) is 12.6 Å². The second-order valence-corrected chi connectivity index (χ2v) is 10.1. The molecule has 0 unspecified atom stereocenters. The molecule has 7 nitrogen and oxygen atoms in total. The lowest BCUT2D eigenvalue weighted by Gasteiger charge is -2.33. The molecule has 0 fully saturated rings. The number of para-hydroxylation sites is 1. The summed E-state index contributed by atoms with van der Waals surface area (Å²) >= 11 is 0. The van der Waals surface area contributed by atoms with Gasteiger partial charge in [-0.2, -0.15) is 0 Å². The predicted molar refractivity (Wildman–Crippen MR) is 128 cm³/mol. The van der Waals surface area contributed by atoms with Crippen molar-refractivity contribution in [3.8, 4) is 0 Å². The van der Waals surface area contributed by atoms with Crippen molar-refractivity contribution in [3.05, 3.63) is 65.7 Å². The summed E-state index contributed by atoms with van der Waals surface area (Å²) in [5, 5.41) is 2.87. The Balaban J connectivity index is 2.40. The minimum atomic E-state index is -3.71. The van der Waals surface area contributed by atoms with E-state index in [4.69, 9.17) is 0 Å². The molecule has 0 heterocycles. The molecule has 0 saturated heterocycles. The number of anilines is 1. The number of hydrogen-bond acceptors (Lipinski definition) is 4. The average molecular weight is 460 g/mol. The van der Waals surface area contributed by atoms with Crippen LogP contribution in [0.15, 0.2) is 54.6 Å². The zero-order valence-corrected chi connectivity index (χ0v) is 20.2. The largest absolute Gasteiger partial charge is 0.352 e. The minimum Gasteiger partial charge on any atom is -0.352 e. The number of benzene rings is 2. The molecule has 1 N–H and O–H groups in total. The number of hydrogen-bond donors (Lipinski definition) is 1. The van der Waals surface area contributed by atoms with Gasteiger partial charge in [-0.15, -0.1) is 0 Å². The van der Waals surface area contributed by atoms with Crippen molar-refractivity contribution >= 4 is 27.5 Å². The van der Waals surface area contributed by atoms with Crippen molar-refractivity contribution in [2.75, 3.05) is 17.1 Å². The molecular formula is C24H33N3O4S. The van der Waals surface area contributed by atoms with E-state index in [0.29, 0.717) is 12.1 Å². The summed E-state index contributed by atoms with van der Waals surface area (Å²) in [5.74, 6) is -0.695. The zero-order chi connectivity index (χ0) is 23.9. The number of carbonyl (C=O) groups is 2. The monoisotopic (exact) mass is 459 g/mol.